The Kier molecular flexibility index (Phi) is 6.20. The minimum Gasteiger partial charge on any atom is -0.457 e. The van der Waals surface area contributed by atoms with Gasteiger partial charge in [-0.2, -0.15) is 26.3 Å². The fourth-order valence-electron chi connectivity index (χ4n) is 2.83. The van der Waals surface area contributed by atoms with E-state index in [1.54, 1.807) is 6.07 Å². The van der Waals surface area contributed by atoms with E-state index in [9.17, 15) is 39.6 Å². The molecule has 0 aliphatic rings. The Hall–Kier alpha value is -3.48. The smallest absolute Gasteiger partial charge is 0.442 e. The highest BCUT2D eigenvalue weighted by Gasteiger charge is 2.75. The third kappa shape index (κ3) is 4.67. The maximum absolute atomic E-state index is 13.8. The quantitative estimate of drug-likeness (QED) is 0.374. The predicted octanol–water partition coefficient (Wildman–Crippen LogP) is 5.26. The molecule has 6 nitrogen and oxygen atoms in total. The highest BCUT2D eigenvalue weighted by molar-refractivity contribution is 7.92. The van der Waals surface area contributed by atoms with Crippen LogP contribution >= 0.6 is 0 Å². The van der Waals surface area contributed by atoms with Gasteiger partial charge in [0.1, 0.15) is 0 Å². The second-order valence-electron chi connectivity index (χ2n) is 6.54. The maximum atomic E-state index is 13.8. The first kappa shape index (κ1) is 24.2. The first-order chi connectivity index (χ1) is 15.3. The van der Waals surface area contributed by atoms with E-state index in [1.165, 1.54) is 24.3 Å². The predicted molar refractivity (Wildman–Crippen MR) is 102 cm³/mol. The number of rotatable bonds is 6. The lowest BCUT2D eigenvalue weighted by Gasteiger charge is -2.36. The van der Waals surface area contributed by atoms with Crippen LogP contribution in [0, 0.1) is 0 Å². The molecular weight excluding hydrogens is 480 g/mol. The van der Waals surface area contributed by atoms with Gasteiger partial charge in [-0.25, -0.2) is 13.2 Å². The van der Waals surface area contributed by atoms with Crippen molar-refractivity contribution < 1.29 is 48.7 Å². The highest BCUT2D eigenvalue weighted by Crippen LogP contribution is 2.53. The number of ether oxygens (including phenoxy) is 1. The van der Waals surface area contributed by atoms with Gasteiger partial charge in [-0.05, 0) is 36.4 Å². The fraction of sp³-hybridized carbons (Fsp3) is 0.150. The van der Waals surface area contributed by atoms with Gasteiger partial charge >= 0.3 is 23.9 Å². The topological polar surface area (TPSA) is 85.6 Å². The molecule has 2 aromatic carbocycles. The molecule has 3 aromatic rings. The van der Waals surface area contributed by atoms with Crippen molar-refractivity contribution in [2.24, 2.45) is 0 Å². The molecular formula is C20H13F6NO5S. The zero-order valence-electron chi connectivity index (χ0n) is 16.1. The molecule has 0 aliphatic heterocycles. The number of benzene rings is 2. The van der Waals surface area contributed by atoms with Crippen molar-refractivity contribution in [1.82, 2.24) is 0 Å². The number of hydrogen-bond donors (Lipinski definition) is 1. The SMILES string of the molecule is O=C(OC(c1ccc(NS(=O)(=O)c2ccccc2)cc1)(C(F)(F)F)C(F)(F)F)c1ccco1. The first-order valence-electron chi connectivity index (χ1n) is 8.87. The van der Waals surface area contributed by atoms with E-state index in [1.807, 2.05) is 4.72 Å². The van der Waals surface area contributed by atoms with Crippen LogP contribution in [0.5, 0.6) is 0 Å². The molecule has 1 aromatic heterocycles. The number of anilines is 1. The number of halogens is 6. The lowest BCUT2D eigenvalue weighted by atomic mass is 9.91. The van der Waals surface area contributed by atoms with Crippen LogP contribution in [-0.4, -0.2) is 26.7 Å². The van der Waals surface area contributed by atoms with Gasteiger partial charge in [0, 0.05) is 11.3 Å². The number of esters is 1. The molecule has 0 amide bonds. The van der Waals surface area contributed by atoms with Gasteiger partial charge in [0.2, 0.25) is 5.76 Å². The van der Waals surface area contributed by atoms with Gasteiger partial charge in [-0.1, -0.05) is 30.3 Å². The number of alkyl halides is 6. The molecule has 1 heterocycles. The van der Waals surface area contributed by atoms with Crippen LogP contribution in [0.4, 0.5) is 32.0 Å². The van der Waals surface area contributed by atoms with Crippen molar-refractivity contribution in [1.29, 1.82) is 0 Å². The molecule has 0 saturated heterocycles. The summed E-state index contributed by atoms with van der Waals surface area (Å²) in [6.45, 7) is 0. The normalized spacial score (nSPS) is 12.9. The average Bonchev–Trinajstić information content (AvgIpc) is 3.26. The zero-order chi connectivity index (χ0) is 24.5. The lowest BCUT2D eigenvalue weighted by molar-refractivity contribution is -0.373. The van der Waals surface area contributed by atoms with Crippen molar-refractivity contribution in [3.8, 4) is 0 Å². The van der Waals surface area contributed by atoms with E-state index >= 15 is 0 Å². The Bertz CT molecular complexity index is 1190. The molecule has 1 N–H and O–H groups in total. The third-order valence-corrected chi connectivity index (χ3v) is 5.76. The van der Waals surface area contributed by atoms with Crippen LogP contribution < -0.4 is 4.72 Å². The summed E-state index contributed by atoms with van der Waals surface area (Å²) in [4.78, 5) is 11.8. The summed E-state index contributed by atoms with van der Waals surface area (Å²) in [5.41, 5.74) is -6.86. The Morgan fingerprint density at radius 2 is 1.39 bits per heavy atom. The molecule has 33 heavy (non-hydrogen) atoms. The minimum absolute atomic E-state index is 0.179. The average molecular weight is 493 g/mol. The zero-order valence-corrected chi connectivity index (χ0v) is 17.0. The number of furan rings is 1. The van der Waals surface area contributed by atoms with Crippen molar-refractivity contribution in [3.05, 3.63) is 84.3 Å². The fourth-order valence-corrected chi connectivity index (χ4v) is 3.91. The van der Waals surface area contributed by atoms with Crippen LogP contribution in [0.25, 0.3) is 0 Å². The molecule has 0 bridgehead atoms. The summed E-state index contributed by atoms with van der Waals surface area (Å²) in [6.07, 6.45) is -11.4. The Morgan fingerprint density at radius 3 is 1.88 bits per heavy atom. The largest absolute Gasteiger partial charge is 0.457 e. The van der Waals surface area contributed by atoms with Crippen molar-refractivity contribution in [2.45, 2.75) is 22.8 Å². The van der Waals surface area contributed by atoms with Crippen LogP contribution in [0.3, 0.4) is 0 Å². The Balaban J connectivity index is 2.02. The Labute approximate surface area is 182 Å². The molecule has 176 valence electrons. The number of nitrogens with one attached hydrogen (secondary N) is 1. The van der Waals surface area contributed by atoms with Gasteiger partial charge in [0.05, 0.1) is 11.2 Å². The third-order valence-electron chi connectivity index (χ3n) is 4.36. The van der Waals surface area contributed by atoms with Crippen molar-refractivity contribution in [2.75, 3.05) is 4.72 Å². The maximum Gasteiger partial charge on any atom is 0.442 e. The second-order valence-corrected chi connectivity index (χ2v) is 8.22. The Morgan fingerprint density at radius 1 is 0.818 bits per heavy atom. The molecule has 0 spiro atoms. The van der Waals surface area contributed by atoms with Gasteiger partial charge < -0.3 is 9.15 Å². The highest BCUT2D eigenvalue weighted by atomic mass is 32.2. The van der Waals surface area contributed by atoms with E-state index in [-0.39, 0.29) is 10.6 Å². The van der Waals surface area contributed by atoms with Crippen molar-refractivity contribution in [3.63, 3.8) is 0 Å². The number of sulfonamides is 1. The van der Waals surface area contributed by atoms with Gasteiger partial charge in [0.25, 0.3) is 10.0 Å². The monoisotopic (exact) mass is 493 g/mol. The summed E-state index contributed by atoms with van der Waals surface area (Å²) < 4.78 is 118. The molecule has 3 rings (SSSR count). The van der Waals surface area contributed by atoms with Gasteiger partial charge in [0.15, 0.2) is 0 Å². The van der Waals surface area contributed by atoms with Crippen LogP contribution in [-0.2, 0) is 20.4 Å². The summed E-state index contributed by atoms with van der Waals surface area (Å²) in [5.74, 6) is -2.87. The van der Waals surface area contributed by atoms with E-state index in [0.29, 0.717) is 24.3 Å². The second kappa shape index (κ2) is 8.46. The number of hydrogen-bond acceptors (Lipinski definition) is 5. The summed E-state index contributed by atoms with van der Waals surface area (Å²) >= 11 is 0. The number of carbonyl (C=O) groups excluding carboxylic acids is 1. The minimum atomic E-state index is -6.13. The molecule has 13 heteroatoms. The summed E-state index contributed by atoms with van der Waals surface area (Å²) in [7, 11) is -4.16. The first-order valence-corrected chi connectivity index (χ1v) is 10.3. The van der Waals surface area contributed by atoms with E-state index in [4.69, 9.17) is 0 Å². The van der Waals surface area contributed by atoms with Crippen LogP contribution in [0.1, 0.15) is 16.1 Å². The molecule has 0 unspecified atom stereocenters. The number of carbonyl (C=O) groups is 1. The molecule has 0 aliphatic carbocycles. The van der Waals surface area contributed by atoms with E-state index in [2.05, 4.69) is 9.15 Å². The van der Waals surface area contributed by atoms with Gasteiger partial charge in [-0.15, -0.1) is 0 Å². The molecule has 0 fully saturated rings. The van der Waals surface area contributed by atoms with E-state index < -0.39 is 45.3 Å². The van der Waals surface area contributed by atoms with Crippen molar-refractivity contribution >= 4 is 21.7 Å². The molecule has 0 saturated carbocycles. The van der Waals surface area contributed by atoms with Gasteiger partial charge in [-0.3, -0.25) is 4.72 Å². The molecule has 0 atom stereocenters. The summed E-state index contributed by atoms with van der Waals surface area (Å²) in [6, 6.07) is 10.9. The summed E-state index contributed by atoms with van der Waals surface area (Å²) in [5, 5.41) is 0. The van der Waals surface area contributed by atoms with E-state index in [0.717, 1.165) is 18.4 Å². The van der Waals surface area contributed by atoms with Crippen LogP contribution in [0.15, 0.2) is 82.3 Å². The van der Waals surface area contributed by atoms with Crippen LogP contribution in [0.2, 0.25) is 0 Å². The molecule has 0 radical (unpaired) electrons. The standard InChI is InChI=1S/C20H13F6NO5S/c21-19(22,23)18(20(24,25)26,32-17(28)16-7-4-12-31-16)13-8-10-14(11-9-13)27-33(29,30)15-5-2-1-3-6-15/h1-12,27H. The lowest BCUT2D eigenvalue weighted by Crippen LogP contribution is -2.56.